The van der Waals surface area contributed by atoms with E-state index in [1.165, 1.54) is 12.8 Å². The lowest BCUT2D eigenvalue weighted by molar-refractivity contribution is -0.116. The summed E-state index contributed by atoms with van der Waals surface area (Å²) < 4.78 is 5.22. The Kier molecular flexibility index (Phi) is 7.04. The van der Waals surface area contributed by atoms with Crippen LogP contribution in [0.25, 0.3) is 0 Å². The Morgan fingerprint density at radius 3 is 2.89 bits per heavy atom. The Bertz CT molecular complexity index is 806. The molecule has 2 aromatic rings. The summed E-state index contributed by atoms with van der Waals surface area (Å²) in [5, 5.41) is 3.04. The average Bonchev–Trinajstić information content (AvgIpc) is 2.68. The van der Waals surface area contributed by atoms with Gasteiger partial charge in [0.25, 0.3) is 0 Å². The van der Waals surface area contributed by atoms with Gasteiger partial charge in [0, 0.05) is 30.9 Å². The van der Waals surface area contributed by atoms with Crippen molar-refractivity contribution in [3.63, 3.8) is 0 Å². The van der Waals surface area contributed by atoms with Crippen molar-refractivity contribution >= 4 is 11.6 Å². The van der Waals surface area contributed by atoms with Crippen LogP contribution >= 0.6 is 0 Å². The number of methoxy groups -OCH3 is 1. The number of carbonyl (C=O) groups is 1. The van der Waals surface area contributed by atoms with Crippen LogP contribution in [0.1, 0.15) is 42.6 Å². The SMILES string of the molecule is COc1ccc(NC(=O)CCC2CCCN(Cc3cccc(C)n3)C2)c(C)c1. The molecule has 0 bridgehead atoms. The number of hydrogen-bond donors (Lipinski definition) is 1. The minimum Gasteiger partial charge on any atom is -0.497 e. The fraction of sp³-hybridized carbons (Fsp3) is 0.478. The largest absolute Gasteiger partial charge is 0.497 e. The molecule has 28 heavy (non-hydrogen) atoms. The highest BCUT2D eigenvalue weighted by Crippen LogP contribution is 2.24. The highest BCUT2D eigenvalue weighted by Gasteiger charge is 2.21. The molecule has 5 nitrogen and oxygen atoms in total. The Morgan fingerprint density at radius 1 is 1.29 bits per heavy atom. The number of aromatic nitrogens is 1. The molecule has 1 unspecified atom stereocenters. The van der Waals surface area contributed by atoms with E-state index < -0.39 is 0 Å². The van der Waals surface area contributed by atoms with Crippen molar-refractivity contribution in [3.8, 4) is 5.75 Å². The Hall–Kier alpha value is -2.40. The van der Waals surface area contributed by atoms with E-state index in [9.17, 15) is 4.79 Å². The number of amides is 1. The second-order valence-corrected chi connectivity index (χ2v) is 7.78. The molecule has 5 heteroatoms. The average molecular weight is 382 g/mol. The lowest BCUT2D eigenvalue weighted by Gasteiger charge is -2.32. The summed E-state index contributed by atoms with van der Waals surface area (Å²) in [6.45, 7) is 7.07. The van der Waals surface area contributed by atoms with Gasteiger partial charge in [-0.05, 0) is 81.5 Å². The highest BCUT2D eigenvalue weighted by molar-refractivity contribution is 5.91. The molecule has 3 rings (SSSR count). The van der Waals surface area contributed by atoms with Crippen molar-refractivity contribution in [1.82, 2.24) is 9.88 Å². The van der Waals surface area contributed by atoms with Crippen LogP contribution in [-0.2, 0) is 11.3 Å². The van der Waals surface area contributed by atoms with Gasteiger partial charge in [0.1, 0.15) is 5.75 Å². The van der Waals surface area contributed by atoms with Gasteiger partial charge in [-0.3, -0.25) is 14.7 Å². The molecule has 0 radical (unpaired) electrons. The summed E-state index contributed by atoms with van der Waals surface area (Å²) in [5.41, 5.74) is 4.08. The molecule has 150 valence electrons. The van der Waals surface area contributed by atoms with Crippen LogP contribution in [0.4, 0.5) is 5.69 Å². The minimum absolute atomic E-state index is 0.0886. The van der Waals surface area contributed by atoms with Crippen LogP contribution in [0.2, 0.25) is 0 Å². The number of likely N-dealkylation sites (tertiary alicyclic amines) is 1. The summed E-state index contributed by atoms with van der Waals surface area (Å²) in [6, 6.07) is 11.9. The molecule has 1 saturated heterocycles. The van der Waals surface area contributed by atoms with Gasteiger partial charge in [0.2, 0.25) is 5.91 Å². The van der Waals surface area contributed by atoms with Gasteiger partial charge in [-0.25, -0.2) is 0 Å². The first-order valence-corrected chi connectivity index (χ1v) is 10.1. The fourth-order valence-corrected chi connectivity index (χ4v) is 3.90. The topological polar surface area (TPSA) is 54.5 Å². The van der Waals surface area contributed by atoms with Gasteiger partial charge in [-0.1, -0.05) is 6.07 Å². The Balaban J connectivity index is 1.46. The molecule has 1 fully saturated rings. The quantitative estimate of drug-likeness (QED) is 0.775. The summed E-state index contributed by atoms with van der Waals surface area (Å²) in [6.07, 6.45) is 3.88. The van der Waals surface area contributed by atoms with Crippen molar-refractivity contribution in [2.24, 2.45) is 5.92 Å². The van der Waals surface area contributed by atoms with Gasteiger partial charge in [0.15, 0.2) is 0 Å². The maximum Gasteiger partial charge on any atom is 0.224 e. The molecule has 1 aromatic heterocycles. The first-order chi connectivity index (χ1) is 13.5. The standard InChI is InChI=1S/C23H31N3O2/c1-17-14-21(28-3)10-11-22(17)25-23(27)12-9-19-7-5-13-26(15-19)16-20-8-4-6-18(2)24-20/h4,6,8,10-11,14,19H,5,7,9,12-13,15-16H2,1-3H3,(H,25,27). The summed E-state index contributed by atoms with van der Waals surface area (Å²) >= 11 is 0. The molecule has 1 aromatic carbocycles. The molecule has 1 amide bonds. The van der Waals surface area contributed by atoms with E-state index in [1.54, 1.807) is 7.11 Å². The maximum absolute atomic E-state index is 12.4. The van der Waals surface area contributed by atoms with Crippen LogP contribution in [0.15, 0.2) is 36.4 Å². The van der Waals surface area contributed by atoms with Crippen LogP contribution in [0, 0.1) is 19.8 Å². The van der Waals surface area contributed by atoms with Crippen LogP contribution in [0.5, 0.6) is 5.75 Å². The van der Waals surface area contributed by atoms with E-state index in [0.29, 0.717) is 12.3 Å². The predicted octanol–water partition coefficient (Wildman–Crippen LogP) is 4.34. The number of piperidine rings is 1. The Morgan fingerprint density at radius 2 is 2.14 bits per heavy atom. The number of ether oxygens (including phenoxy) is 1. The van der Waals surface area contributed by atoms with Crippen molar-refractivity contribution in [3.05, 3.63) is 53.3 Å². The number of nitrogens with zero attached hydrogens (tertiary/aromatic N) is 2. The van der Waals surface area contributed by atoms with E-state index in [-0.39, 0.29) is 5.91 Å². The molecule has 1 atom stereocenters. The van der Waals surface area contributed by atoms with E-state index in [0.717, 1.165) is 54.4 Å². The van der Waals surface area contributed by atoms with Crippen LogP contribution in [0.3, 0.4) is 0 Å². The summed E-state index contributed by atoms with van der Waals surface area (Å²) in [5.74, 6) is 1.47. The third-order valence-electron chi connectivity index (χ3n) is 5.42. The maximum atomic E-state index is 12.4. The third-order valence-corrected chi connectivity index (χ3v) is 5.42. The minimum atomic E-state index is 0.0886. The van der Waals surface area contributed by atoms with Gasteiger partial charge in [0.05, 0.1) is 12.8 Å². The lowest BCUT2D eigenvalue weighted by Crippen LogP contribution is -2.35. The molecule has 0 aliphatic carbocycles. The van der Waals surface area contributed by atoms with E-state index in [2.05, 4.69) is 27.3 Å². The van der Waals surface area contributed by atoms with E-state index >= 15 is 0 Å². The predicted molar refractivity (Wildman–Crippen MR) is 113 cm³/mol. The van der Waals surface area contributed by atoms with Gasteiger partial charge in [-0.15, -0.1) is 0 Å². The number of carbonyl (C=O) groups excluding carboxylic acids is 1. The number of anilines is 1. The lowest BCUT2D eigenvalue weighted by atomic mass is 9.93. The molecule has 0 spiro atoms. The normalized spacial score (nSPS) is 17.3. The number of hydrogen-bond acceptors (Lipinski definition) is 4. The van der Waals surface area contributed by atoms with Crippen LogP contribution < -0.4 is 10.1 Å². The molecule has 1 aliphatic rings. The van der Waals surface area contributed by atoms with Crippen molar-refractivity contribution < 1.29 is 9.53 Å². The summed E-state index contributed by atoms with van der Waals surface area (Å²) in [4.78, 5) is 19.5. The first kappa shape index (κ1) is 20.3. The van der Waals surface area contributed by atoms with E-state index in [1.807, 2.05) is 38.1 Å². The summed E-state index contributed by atoms with van der Waals surface area (Å²) in [7, 11) is 1.65. The zero-order valence-electron chi connectivity index (χ0n) is 17.2. The molecule has 2 heterocycles. The molecule has 0 saturated carbocycles. The Labute approximate surface area is 168 Å². The number of pyridine rings is 1. The zero-order valence-corrected chi connectivity index (χ0v) is 17.2. The second-order valence-electron chi connectivity index (χ2n) is 7.78. The van der Waals surface area contributed by atoms with Crippen molar-refractivity contribution in [2.75, 3.05) is 25.5 Å². The number of aryl methyl sites for hydroxylation is 2. The molecule has 1 N–H and O–H groups in total. The number of benzene rings is 1. The molecule has 1 aliphatic heterocycles. The highest BCUT2D eigenvalue weighted by atomic mass is 16.5. The van der Waals surface area contributed by atoms with Crippen LogP contribution in [-0.4, -0.2) is 36.0 Å². The molecular weight excluding hydrogens is 350 g/mol. The first-order valence-electron chi connectivity index (χ1n) is 10.1. The monoisotopic (exact) mass is 381 g/mol. The van der Waals surface area contributed by atoms with Crippen molar-refractivity contribution in [2.45, 2.75) is 46.1 Å². The smallest absolute Gasteiger partial charge is 0.224 e. The second kappa shape index (κ2) is 9.69. The third kappa shape index (κ3) is 5.80. The number of nitrogens with one attached hydrogen (secondary N) is 1. The fourth-order valence-electron chi connectivity index (χ4n) is 3.90. The van der Waals surface area contributed by atoms with E-state index in [4.69, 9.17) is 4.74 Å². The van der Waals surface area contributed by atoms with Gasteiger partial charge in [-0.2, -0.15) is 0 Å². The van der Waals surface area contributed by atoms with Gasteiger partial charge >= 0.3 is 0 Å². The van der Waals surface area contributed by atoms with Gasteiger partial charge < -0.3 is 10.1 Å². The molecular formula is C23H31N3O2. The zero-order chi connectivity index (χ0) is 19.9. The van der Waals surface area contributed by atoms with Crippen molar-refractivity contribution in [1.29, 1.82) is 0 Å². The number of rotatable bonds is 7.